The first-order chi connectivity index (χ1) is 8.99. The van der Waals surface area contributed by atoms with Crippen LogP contribution >= 0.6 is 0 Å². The van der Waals surface area contributed by atoms with E-state index in [-0.39, 0.29) is 11.8 Å². The monoisotopic (exact) mass is 257 g/mol. The summed E-state index contributed by atoms with van der Waals surface area (Å²) in [5, 5.41) is 8.96. The number of carboxylic acid groups (broad SMARTS) is 1. The van der Waals surface area contributed by atoms with Crippen LogP contribution < -0.4 is 5.43 Å². The summed E-state index contributed by atoms with van der Waals surface area (Å²) in [6.07, 6.45) is -0.0405. The van der Waals surface area contributed by atoms with Crippen molar-refractivity contribution in [2.45, 2.75) is 20.3 Å². The summed E-state index contributed by atoms with van der Waals surface area (Å²) in [6, 6.07) is 10.4. The minimum absolute atomic E-state index is 0.0398. The fourth-order valence-electron chi connectivity index (χ4n) is 2.28. The molecule has 0 spiro atoms. The van der Waals surface area contributed by atoms with Crippen LogP contribution in [0.1, 0.15) is 17.0 Å². The average Bonchev–Trinajstić information content (AvgIpc) is 2.29. The van der Waals surface area contributed by atoms with Crippen molar-refractivity contribution in [2.75, 3.05) is 0 Å². The Labute approximate surface area is 110 Å². The summed E-state index contributed by atoms with van der Waals surface area (Å²) >= 11 is 0. The Morgan fingerprint density at radius 3 is 2.32 bits per heavy atom. The minimum Gasteiger partial charge on any atom is -0.481 e. The van der Waals surface area contributed by atoms with E-state index in [2.05, 4.69) is 0 Å². The van der Waals surface area contributed by atoms with Crippen LogP contribution in [0, 0.1) is 13.8 Å². The molecule has 0 aliphatic rings. The van der Waals surface area contributed by atoms with Crippen LogP contribution in [0.3, 0.4) is 0 Å². The molecule has 0 aliphatic carbocycles. The third kappa shape index (κ3) is 2.73. The van der Waals surface area contributed by atoms with Crippen LogP contribution in [0.15, 0.2) is 41.2 Å². The number of aromatic nitrogens is 1. The highest BCUT2D eigenvalue weighted by Gasteiger charge is 2.10. The maximum atomic E-state index is 11.4. The van der Waals surface area contributed by atoms with E-state index in [1.54, 1.807) is 18.2 Å². The van der Waals surface area contributed by atoms with E-state index in [0.29, 0.717) is 0 Å². The fraction of sp³-hybridized carbons (Fsp3) is 0.200. The van der Waals surface area contributed by atoms with Gasteiger partial charge in [0.2, 0.25) is 0 Å². The van der Waals surface area contributed by atoms with Crippen LogP contribution in [0.4, 0.5) is 0 Å². The summed E-state index contributed by atoms with van der Waals surface area (Å²) in [6.45, 7) is 3.68. The van der Waals surface area contributed by atoms with Gasteiger partial charge in [-0.3, -0.25) is 9.59 Å². The lowest BCUT2D eigenvalue weighted by molar-refractivity contribution is -0.136. The van der Waals surface area contributed by atoms with Crippen molar-refractivity contribution >= 4 is 5.97 Å². The van der Waals surface area contributed by atoms with Gasteiger partial charge in [0, 0.05) is 29.2 Å². The first-order valence-corrected chi connectivity index (χ1v) is 5.99. The number of carboxylic acids is 1. The van der Waals surface area contributed by atoms with E-state index in [1.165, 1.54) is 0 Å². The van der Waals surface area contributed by atoms with E-state index in [4.69, 9.17) is 5.11 Å². The van der Waals surface area contributed by atoms with Gasteiger partial charge in [-0.25, -0.2) is 0 Å². The zero-order valence-corrected chi connectivity index (χ0v) is 10.9. The number of aryl methyl sites for hydroxylation is 2. The molecule has 0 fully saturated rings. The normalized spacial score (nSPS) is 10.4. The van der Waals surface area contributed by atoms with Gasteiger partial charge in [-0.2, -0.15) is 0 Å². The van der Waals surface area contributed by atoms with Crippen LogP contribution in [-0.4, -0.2) is 15.6 Å². The molecule has 98 valence electrons. The summed E-state index contributed by atoms with van der Waals surface area (Å²) in [5.41, 5.74) is 3.08. The number of benzene rings is 1. The van der Waals surface area contributed by atoms with E-state index in [0.717, 1.165) is 22.6 Å². The molecule has 0 saturated heterocycles. The van der Waals surface area contributed by atoms with Crippen LogP contribution in [0.25, 0.3) is 5.69 Å². The van der Waals surface area contributed by atoms with Gasteiger partial charge < -0.3 is 9.67 Å². The summed E-state index contributed by atoms with van der Waals surface area (Å²) in [5.74, 6) is -0.871. The molecule has 0 aliphatic heterocycles. The molecule has 1 aromatic carbocycles. The molecular formula is C15H15NO3. The first-order valence-electron chi connectivity index (χ1n) is 5.99. The van der Waals surface area contributed by atoms with Crippen molar-refractivity contribution in [3.05, 3.63) is 63.6 Å². The van der Waals surface area contributed by atoms with Crippen molar-refractivity contribution < 1.29 is 9.90 Å². The third-order valence-electron chi connectivity index (χ3n) is 2.98. The second-order valence-corrected chi connectivity index (χ2v) is 4.51. The Morgan fingerprint density at radius 1 is 1.16 bits per heavy atom. The van der Waals surface area contributed by atoms with Crippen LogP contribution in [0.5, 0.6) is 0 Å². The molecular weight excluding hydrogens is 242 g/mol. The second kappa shape index (κ2) is 5.10. The number of hydrogen-bond donors (Lipinski definition) is 1. The molecule has 2 rings (SSSR count). The number of para-hydroxylation sites is 1. The molecule has 0 unspecified atom stereocenters. The molecule has 1 heterocycles. The predicted octanol–water partition coefficient (Wildman–Crippen LogP) is 2.08. The summed E-state index contributed by atoms with van der Waals surface area (Å²) in [7, 11) is 0. The molecule has 1 aromatic heterocycles. The van der Waals surface area contributed by atoms with Crippen LogP contribution in [0.2, 0.25) is 0 Å². The zero-order chi connectivity index (χ0) is 14.0. The first kappa shape index (κ1) is 13.1. The number of rotatable bonds is 3. The Bertz CT molecular complexity index is 660. The van der Waals surface area contributed by atoms with Gasteiger partial charge >= 0.3 is 5.97 Å². The summed E-state index contributed by atoms with van der Waals surface area (Å²) < 4.78 is 1.90. The Morgan fingerprint density at radius 2 is 1.74 bits per heavy atom. The lowest BCUT2D eigenvalue weighted by Crippen LogP contribution is -2.14. The maximum Gasteiger partial charge on any atom is 0.307 e. The number of carbonyl (C=O) groups is 1. The second-order valence-electron chi connectivity index (χ2n) is 4.51. The molecule has 4 heteroatoms. The highest BCUT2D eigenvalue weighted by Crippen LogP contribution is 2.18. The van der Waals surface area contributed by atoms with Crippen molar-refractivity contribution in [2.24, 2.45) is 0 Å². The quantitative estimate of drug-likeness (QED) is 0.915. The topological polar surface area (TPSA) is 59.3 Å². The highest BCUT2D eigenvalue weighted by molar-refractivity contribution is 5.72. The largest absolute Gasteiger partial charge is 0.481 e. The van der Waals surface area contributed by atoms with Gasteiger partial charge in [-0.15, -0.1) is 0 Å². The van der Waals surface area contributed by atoms with E-state index in [1.807, 2.05) is 36.6 Å². The molecule has 19 heavy (non-hydrogen) atoms. The Balaban J connectivity index is 2.66. The number of pyridine rings is 1. The molecule has 0 radical (unpaired) electrons. The van der Waals surface area contributed by atoms with E-state index < -0.39 is 5.97 Å². The smallest absolute Gasteiger partial charge is 0.307 e. The van der Waals surface area contributed by atoms with Crippen LogP contribution in [-0.2, 0) is 11.2 Å². The molecule has 0 bridgehead atoms. The molecule has 1 N–H and O–H groups in total. The molecule has 0 atom stereocenters. The van der Waals surface area contributed by atoms with Crippen molar-refractivity contribution in [1.82, 2.24) is 4.57 Å². The molecule has 0 saturated carbocycles. The van der Waals surface area contributed by atoms with Crippen molar-refractivity contribution in [1.29, 1.82) is 0 Å². The number of aliphatic carboxylic acids is 1. The van der Waals surface area contributed by atoms with Crippen molar-refractivity contribution in [3.8, 4) is 5.69 Å². The highest BCUT2D eigenvalue weighted by atomic mass is 16.4. The molecule has 2 aromatic rings. The van der Waals surface area contributed by atoms with E-state index >= 15 is 0 Å². The van der Waals surface area contributed by atoms with Gasteiger partial charge in [-0.1, -0.05) is 18.2 Å². The van der Waals surface area contributed by atoms with Gasteiger partial charge in [-0.05, 0) is 25.5 Å². The molecule has 4 nitrogen and oxygen atoms in total. The Hall–Kier alpha value is -2.36. The van der Waals surface area contributed by atoms with Gasteiger partial charge in [0.25, 0.3) is 0 Å². The Kier molecular flexibility index (Phi) is 3.51. The van der Waals surface area contributed by atoms with Gasteiger partial charge in [0.15, 0.2) is 5.43 Å². The van der Waals surface area contributed by atoms with Gasteiger partial charge in [0.05, 0.1) is 6.42 Å². The number of nitrogens with zero attached hydrogens (tertiary/aromatic N) is 1. The average molecular weight is 257 g/mol. The fourth-order valence-corrected chi connectivity index (χ4v) is 2.28. The lowest BCUT2D eigenvalue weighted by atomic mass is 10.1. The molecule has 0 amide bonds. The predicted molar refractivity (Wildman–Crippen MR) is 72.9 cm³/mol. The maximum absolute atomic E-state index is 11.4. The third-order valence-corrected chi connectivity index (χ3v) is 2.98. The van der Waals surface area contributed by atoms with Gasteiger partial charge in [0.1, 0.15) is 0 Å². The minimum atomic E-state index is -0.871. The number of hydrogen-bond acceptors (Lipinski definition) is 2. The standard InChI is InChI=1S/C15H15NO3/c1-10-7-13(17)8-11(2)16(10)14-6-4-3-5-12(14)9-15(18)19/h3-8H,9H2,1-2H3,(H,18,19). The lowest BCUT2D eigenvalue weighted by Gasteiger charge is -2.17. The van der Waals surface area contributed by atoms with E-state index in [9.17, 15) is 9.59 Å². The zero-order valence-electron chi connectivity index (χ0n) is 10.9. The summed E-state index contributed by atoms with van der Waals surface area (Å²) in [4.78, 5) is 22.4. The van der Waals surface area contributed by atoms with Crippen molar-refractivity contribution in [3.63, 3.8) is 0 Å². The SMILES string of the molecule is Cc1cc(=O)cc(C)n1-c1ccccc1CC(=O)O.